The molecule has 0 bridgehead atoms. The first-order valence-corrected chi connectivity index (χ1v) is 8.58. The van der Waals surface area contributed by atoms with Gasteiger partial charge in [-0.05, 0) is 80.4 Å². The monoisotopic (exact) mass is 340 g/mol. The quantitative estimate of drug-likeness (QED) is 0.762. The first kappa shape index (κ1) is 16.6. The molecule has 1 aromatic heterocycles. The molecule has 0 spiro atoms. The Hall–Kier alpha value is -2.27. The summed E-state index contributed by atoms with van der Waals surface area (Å²) in [7, 11) is 1.51. The molecule has 1 saturated heterocycles. The lowest BCUT2D eigenvalue weighted by molar-refractivity contribution is -0.121. The van der Waals surface area contributed by atoms with Crippen molar-refractivity contribution >= 4 is 29.0 Å². The van der Waals surface area contributed by atoms with Crippen LogP contribution in [0.5, 0.6) is 0 Å². The Morgan fingerprint density at radius 2 is 1.58 bits per heavy atom. The Balaban J connectivity index is 2.08. The summed E-state index contributed by atoms with van der Waals surface area (Å²) in [5.41, 5.74) is 6.66. The molecule has 124 valence electrons. The van der Waals surface area contributed by atoms with Gasteiger partial charge >= 0.3 is 0 Å². The fourth-order valence-corrected chi connectivity index (χ4v) is 3.92. The first-order valence-electron chi connectivity index (χ1n) is 7.77. The van der Waals surface area contributed by atoms with Gasteiger partial charge in [-0.3, -0.25) is 14.5 Å². The van der Waals surface area contributed by atoms with Gasteiger partial charge in [0.2, 0.25) is 0 Å². The number of rotatable bonds is 2. The lowest BCUT2D eigenvalue weighted by atomic mass is 10.1. The average molecular weight is 340 g/mol. The molecular formula is C19H20N2O2S. The minimum absolute atomic E-state index is 0.227. The molecule has 0 radical (unpaired) electrons. The largest absolute Gasteiger partial charge is 0.318 e. The Bertz CT molecular complexity index is 873. The van der Waals surface area contributed by atoms with Crippen molar-refractivity contribution in [3.8, 4) is 5.69 Å². The number of nitrogens with zero attached hydrogens (tertiary/aromatic N) is 2. The molecule has 3 rings (SSSR count). The van der Waals surface area contributed by atoms with Crippen molar-refractivity contribution in [3.05, 3.63) is 57.2 Å². The van der Waals surface area contributed by atoms with Gasteiger partial charge in [-0.1, -0.05) is 6.07 Å². The van der Waals surface area contributed by atoms with Crippen LogP contribution in [0.3, 0.4) is 0 Å². The molecule has 5 heteroatoms. The molecule has 24 heavy (non-hydrogen) atoms. The van der Waals surface area contributed by atoms with Crippen LogP contribution in [0.15, 0.2) is 29.2 Å². The highest BCUT2D eigenvalue weighted by Crippen LogP contribution is 2.32. The third-order valence-corrected chi connectivity index (χ3v) is 5.17. The van der Waals surface area contributed by atoms with Crippen molar-refractivity contribution in [1.29, 1.82) is 0 Å². The summed E-state index contributed by atoms with van der Waals surface area (Å²) in [6, 6.07) is 8.50. The Morgan fingerprint density at radius 3 is 2.12 bits per heavy atom. The smallest absolute Gasteiger partial charge is 0.293 e. The minimum atomic E-state index is -0.235. The van der Waals surface area contributed by atoms with Crippen LogP contribution in [-0.2, 0) is 4.79 Å². The summed E-state index contributed by atoms with van der Waals surface area (Å²) in [5.74, 6) is -0.235. The van der Waals surface area contributed by atoms with Gasteiger partial charge in [0.1, 0.15) is 0 Å². The molecule has 2 aromatic rings. The van der Waals surface area contributed by atoms with Crippen molar-refractivity contribution in [2.45, 2.75) is 27.7 Å². The van der Waals surface area contributed by atoms with E-state index in [-0.39, 0.29) is 11.1 Å². The third-order valence-electron chi connectivity index (χ3n) is 4.21. The number of aromatic nitrogens is 1. The summed E-state index contributed by atoms with van der Waals surface area (Å²) in [6.45, 7) is 8.26. The van der Waals surface area contributed by atoms with Crippen LogP contribution in [0.1, 0.15) is 28.1 Å². The van der Waals surface area contributed by atoms with E-state index in [1.807, 2.05) is 19.9 Å². The molecule has 0 aliphatic carbocycles. The lowest BCUT2D eigenvalue weighted by Gasteiger charge is -2.12. The fraction of sp³-hybridized carbons (Fsp3) is 0.263. The zero-order valence-electron chi connectivity index (χ0n) is 14.5. The first-order chi connectivity index (χ1) is 11.3. The highest BCUT2D eigenvalue weighted by atomic mass is 32.2. The molecule has 4 nitrogen and oxygen atoms in total. The topological polar surface area (TPSA) is 42.3 Å². The van der Waals surface area contributed by atoms with Crippen LogP contribution in [0.4, 0.5) is 4.79 Å². The molecular weight excluding hydrogens is 320 g/mol. The number of thioether (sulfide) groups is 1. The number of aryl methyl sites for hydroxylation is 3. The second kappa shape index (κ2) is 5.98. The number of amides is 2. The molecule has 1 fully saturated rings. The van der Waals surface area contributed by atoms with E-state index in [4.69, 9.17) is 0 Å². The molecule has 1 aliphatic heterocycles. The Labute approximate surface area is 146 Å². The summed E-state index contributed by atoms with van der Waals surface area (Å²) in [5, 5.41) is -0.227. The molecule has 0 unspecified atom stereocenters. The molecule has 0 N–H and O–H groups in total. The SMILES string of the molecule is Cc1cc(C)cc(-n2c(C)cc(/C=C3/SC(=O)N(C)C3=O)c2C)c1. The van der Waals surface area contributed by atoms with E-state index < -0.39 is 0 Å². The van der Waals surface area contributed by atoms with Crippen molar-refractivity contribution < 1.29 is 9.59 Å². The van der Waals surface area contributed by atoms with Crippen LogP contribution in [0.2, 0.25) is 0 Å². The van der Waals surface area contributed by atoms with E-state index in [0.717, 1.165) is 39.3 Å². The second-order valence-corrected chi connectivity index (χ2v) is 7.24. The number of hydrogen-bond donors (Lipinski definition) is 0. The normalized spacial score (nSPS) is 16.5. The Morgan fingerprint density at radius 1 is 0.958 bits per heavy atom. The summed E-state index contributed by atoms with van der Waals surface area (Å²) in [4.78, 5) is 25.4. The van der Waals surface area contributed by atoms with Gasteiger partial charge in [0.25, 0.3) is 11.1 Å². The fourth-order valence-electron chi connectivity index (χ4n) is 3.10. The standard InChI is InChI=1S/C19H20N2O2S/c1-11-6-12(2)8-16(7-11)21-13(3)9-15(14(21)4)10-17-18(22)20(5)19(23)24-17/h6-10H,1-5H3/b17-10+. The second-order valence-electron chi connectivity index (χ2n) is 6.25. The van der Waals surface area contributed by atoms with E-state index in [2.05, 4.69) is 42.7 Å². The average Bonchev–Trinajstić information content (AvgIpc) is 2.90. The predicted molar refractivity (Wildman–Crippen MR) is 98.5 cm³/mol. The maximum Gasteiger partial charge on any atom is 0.293 e. The van der Waals surface area contributed by atoms with Crippen LogP contribution in [0.25, 0.3) is 11.8 Å². The molecule has 2 amide bonds. The van der Waals surface area contributed by atoms with E-state index in [0.29, 0.717) is 4.91 Å². The van der Waals surface area contributed by atoms with Crippen LogP contribution in [0, 0.1) is 27.7 Å². The molecule has 1 aliphatic rings. The van der Waals surface area contributed by atoms with Gasteiger partial charge in [0, 0.05) is 24.1 Å². The van der Waals surface area contributed by atoms with Crippen molar-refractivity contribution in [2.75, 3.05) is 7.05 Å². The number of benzene rings is 1. The van der Waals surface area contributed by atoms with E-state index in [9.17, 15) is 9.59 Å². The summed E-state index contributed by atoms with van der Waals surface area (Å²) in [6.07, 6.45) is 1.82. The third kappa shape index (κ3) is 2.80. The number of carbonyl (C=O) groups excluding carboxylic acids is 2. The van der Waals surface area contributed by atoms with E-state index in [1.165, 1.54) is 18.2 Å². The lowest BCUT2D eigenvalue weighted by Crippen LogP contribution is -2.22. The number of likely N-dealkylation sites (N-methyl/N-ethyl adjacent to an activating group) is 1. The van der Waals surface area contributed by atoms with Crippen LogP contribution in [-0.4, -0.2) is 27.7 Å². The number of carbonyl (C=O) groups is 2. The number of hydrogen-bond acceptors (Lipinski definition) is 3. The molecule has 0 atom stereocenters. The zero-order valence-corrected chi connectivity index (χ0v) is 15.3. The maximum atomic E-state index is 12.1. The van der Waals surface area contributed by atoms with Crippen molar-refractivity contribution in [1.82, 2.24) is 9.47 Å². The van der Waals surface area contributed by atoms with Crippen LogP contribution < -0.4 is 0 Å². The van der Waals surface area contributed by atoms with Crippen molar-refractivity contribution in [3.63, 3.8) is 0 Å². The summed E-state index contributed by atoms with van der Waals surface area (Å²) < 4.78 is 2.18. The molecule has 1 aromatic carbocycles. The van der Waals surface area contributed by atoms with Gasteiger partial charge in [0.15, 0.2) is 0 Å². The van der Waals surface area contributed by atoms with Gasteiger partial charge < -0.3 is 4.57 Å². The van der Waals surface area contributed by atoms with Gasteiger partial charge in [-0.2, -0.15) is 0 Å². The van der Waals surface area contributed by atoms with E-state index >= 15 is 0 Å². The summed E-state index contributed by atoms with van der Waals surface area (Å²) >= 11 is 0.990. The van der Waals surface area contributed by atoms with E-state index in [1.54, 1.807) is 0 Å². The predicted octanol–water partition coefficient (Wildman–Crippen LogP) is 4.38. The van der Waals surface area contributed by atoms with Gasteiger partial charge in [-0.25, -0.2) is 0 Å². The zero-order chi connectivity index (χ0) is 17.6. The Kier molecular flexibility index (Phi) is 4.13. The van der Waals surface area contributed by atoms with Gasteiger partial charge in [0.05, 0.1) is 4.91 Å². The van der Waals surface area contributed by atoms with Crippen LogP contribution >= 0.6 is 11.8 Å². The highest BCUT2D eigenvalue weighted by Gasteiger charge is 2.32. The minimum Gasteiger partial charge on any atom is -0.318 e. The molecule has 2 heterocycles. The molecule has 0 saturated carbocycles. The highest BCUT2D eigenvalue weighted by molar-refractivity contribution is 8.18. The van der Waals surface area contributed by atoms with Gasteiger partial charge in [-0.15, -0.1) is 0 Å². The maximum absolute atomic E-state index is 12.1. The number of imide groups is 1. The van der Waals surface area contributed by atoms with Crippen molar-refractivity contribution in [2.24, 2.45) is 0 Å².